The first kappa shape index (κ1) is 18.5. The molecule has 1 saturated heterocycles. The SMILES string of the molecule is COc1ccc(-c2nnc(SCC(=O)N3C[C@@H](C)O[C@@H](C)C3)n2N)cc1. The molecule has 0 spiro atoms. The van der Waals surface area contributed by atoms with E-state index in [2.05, 4.69) is 10.2 Å². The first-order valence-electron chi connectivity index (χ1n) is 8.39. The van der Waals surface area contributed by atoms with Crippen molar-refractivity contribution in [2.45, 2.75) is 31.2 Å². The monoisotopic (exact) mass is 377 g/mol. The molecule has 0 radical (unpaired) electrons. The molecule has 140 valence electrons. The number of amides is 1. The van der Waals surface area contributed by atoms with Gasteiger partial charge in [-0.15, -0.1) is 10.2 Å². The number of carbonyl (C=O) groups is 1. The fourth-order valence-corrected chi connectivity index (χ4v) is 3.67. The van der Waals surface area contributed by atoms with E-state index in [9.17, 15) is 4.79 Å². The van der Waals surface area contributed by atoms with E-state index in [4.69, 9.17) is 15.3 Å². The van der Waals surface area contributed by atoms with E-state index in [0.717, 1.165) is 11.3 Å². The number of hydrogen-bond donors (Lipinski definition) is 1. The van der Waals surface area contributed by atoms with Crippen LogP contribution >= 0.6 is 11.8 Å². The molecule has 1 aliphatic heterocycles. The largest absolute Gasteiger partial charge is 0.497 e. The molecule has 0 aliphatic carbocycles. The highest BCUT2D eigenvalue weighted by Gasteiger charge is 2.26. The Kier molecular flexibility index (Phi) is 5.67. The predicted molar refractivity (Wildman–Crippen MR) is 99.5 cm³/mol. The number of rotatable bonds is 5. The first-order valence-corrected chi connectivity index (χ1v) is 9.37. The highest BCUT2D eigenvalue weighted by Crippen LogP contribution is 2.24. The second-order valence-corrected chi connectivity index (χ2v) is 7.19. The summed E-state index contributed by atoms with van der Waals surface area (Å²) in [6.45, 7) is 5.16. The number of morpholine rings is 1. The van der Waals surface area contributed by atoms with Gasteiger partial charge in [0.25, 0.3) is 0 Å². The van der Waals surface area contributed by atoms with E-state index in [1.807, 2.05) is 43.0 Å². The molecule has 0 saturated carbocycles. The Morgan fingerprint density at radius 2 is 1.92 bits per heavy atom. The van der Waals surface area contributed by atoms with Crippen molar-refractivity contribution in [3.63, 3.8) is 0 Å². The third-order valence-electron chi connectivity index (χ3n) is 4.11. The van der Waals surface area contributed by atoms with Crippen molar-refractivity contribution in [1.82, 2.24) is 19.8 Å². The van der Waals surface area contributed by atoms with E-state index in [-0.39, 0.29) is 23.9 Å². The fourth-order valence-electron chi connectivity index (χ4n) is 2.91. The molecule has 0 unspecified atom stereocenters. The lowest BCUT2D eigenvalue weighted by molar-refractivity contribution is -0.140. The molecular formula is C17H23N5O3S. The third-order valence-corrected chi connectivity index (χ3v) is 5.04. The van der Waals surface area contributed by atoms with Crippen molar-refractivity contribution in [2.75, 3.05) is 31.8 Å². The lowest BCUT2D eigenvalue weighted by Crippen LogP contribution is -2.48. The Balaban J connectivity index is 1.63. The van der Waals surface area contributed by atoms with Gasteiger partial charge >= 0.3 is 0 Å². The maximum Gasteiger partial charge on any atom is 0.233 e. The quantitative estimate of drug-likeness (QED) is 0.621. The van der Waals surface area contributed by atoms with Crippen LogP contribution in [-0.2, 0) is 9.53 Å². The minimum absolute atomic E-state index is 0.0472. The van der Waals surface area contributed by atoms with Gasteiger partial charge in [0.2, 0.25) is 11.1 Å². The summed E-state index contributed by atoms with van der Waals surface area (Å²) >= 11 is 1.28. The van der Waals surface area contributed by atoms with Gasteiger partial charge in [-0.1, -0.05) is 11.8 Å². The third kappa shape index (κ3) is 4.10. The first-order chi connectivity index (χ1) is 12.5. The molecule has 2 aromatic rings. The Morgan fingerprint density at radius 3 is 2.54 bits per heavy atom. The molecule has 26 heavy (non-hydrogen) atoms. The summed E-state index contributed by atoms with van der Waals surface area (Å²) in [7, 11) is 1.61. The van der Waals surface area contributed by atoms with Crippen molar-refractivity contribution < 1.29 is 14.3 Å². The van der Waals surface area contributed by atoms with Crippen LogP contribution in [0.3, 0.4) is 0 Å². The molecule has 1 amide bonds. The zero-order valence-corrected chi connectivity index (χ0v) is 15.9. The Morgan fingerprint density at radius 1 is 1.27 bits per heavy atom. The number of aromatic nitrogens is 3. The molecule has 3 rings (SSSR count). The number of benzene rings is 1. The summed E-state index contributed by atoms with van der Waals surface area (Å²) in [5, 5.41) is 8.74. The average molecular weight is 377 g/mol. The number of ether oxygens (including phenoxy) is 2. The second kappa shape index (κ2) is 7.96. The average Bonchev–Trinajstić information content (AvgIpc) is 2.99. The summed E-state index contributed by atoms with van der Waals surface area (Å²) < 4.78 is 12.2. The zero-order chi connectivity index (χ0) is 18.7. The van der Waals surface area contributed by atoms with E-state index in [1.165, 1.54) is 16.4 Å². The summed E-state index contributed by atoms with van der Waals surface area (Å²) in [5.41, 5.74) is 0.829. The van der Waals surface area contributed by atoms with Gasteiger partial charge in [0.1, 0.15) is 5.75 Å². The van der Waals surface area contributed by atoms with Gasteiger partial charge < -0.3 is 20.2 Å². The van der Waals surface area contributed by atoms with E-state index >= 15 is 0 Å². The van der Waals surface area contributed by atoms with Crippen molar-refractivity contribution in [3.05, 3.63) is 24.3 Å². The zero-order valence-electron chi connectivity index (χ0n) is 15.1. The standard InChI is InChI=1S/C17H23N5O3S/c1-11-8-21(9-12(2)25-11)15(23)10-26-17-20-19-16(22(17)18)13-4-6-14(24-3)7-5-13/h4-7,11-12H,8-10,18H2,1-3H3/t11-,12+. The van der Waals surface area contributed by atoms with Crippen molar-refractivity contribution in [2.24, 2.45) is 0 Å². The van der Waals surface area contributed by atoms with Gasteiger partial charge in [-0.25, -0.2) is 4.68 Å². The maximum absolute atomic E-state index is 12.5. The van der Waals surface area contributed by atoms with Crippen molar-refractivity contribution >= 4 is 17.7 Å². The van der Waals surface area contributed by atoms with Gasteiger partial charge in [-0.2, -0.15) is 0 Å². The van der Waals surface area contributed by atoms with E-state index < -0.39 is 0 Å². The number of methoxy groups -OCH3 is 1. The Labute approximate surface area is 156 Å². The maximum atomic E-state index is 12.5. The van der Waals surface area contributed by atoms with Gasteiger partial charge in [0.05, 0.1) is 25.1 Å². The number of nitrogens with zero attached hydrogens (tertiary/aromatic N) is 4. The molecular weight excluding hydrogens is 354 g/mol. The minimum Gasteiger partial charge on any atom is -0.497 e. The van der Waals surface area contributed by atoms with Crippen LogP contribution in [-0.4, -0.2) is 63.8 Å². The van der Waals surface area contributed by atoms with Crippen LogP contribution in [0.5, 0.6) is 5.75 Å². The van der Waals surface area contributed by atoms with Gasteiger partial charge in [0.15, 0.2) is 5.82 Å². The lowest BCUT2D eigenvalue weighted by Gasteiger charge is -2.35. The highest BCUT2D eigenvalue weighted by atomic mass is 32.2. The normalized spacial score (nSPS) is 20.2. The van der Waals surface area contributed by atoms with Crippen LogP contribution in [0.2, 0.25) is 0 Å². The van der Waals surface area contributed by atoms with Gasteiger partial charge in [0, 0.05) is 18.7 Å². The lowest BCUT2D eigenvalue weighted by atomic mass is 10.2. The molecule has 0 bridgehead atoms. The predicted octanol–water partition coefficient (Wildman–Crippen LogP) is 1.40. The van der Waals surface area contributed by atoms with Gasteiger partial charge in [-0.3, -0.25) is 4.79 Å². The molecule has 9 heteroatoms. The van der Waals surface area contributed by atoms with Crippen LogP contribution in [0.4, 0.5) is 0 Å². The van der Waals surface area contributed by atoms with Crippen molar-refractivity contribution in [1.29, 1.82) is 0 Å². The molecule has 8 nitrogen and oxygen atoms in total. The molecule has 2 N–H and O–H groups in total. The summed E-state index contributed by atoms with van der Waals surface area (Å²) in [6.07, 6.45) is 0.0973. The number of hydrogen-bond acceptors (Lipinski definition) is 7. The Hall–Kier alpha value is -2.26. The molecule has 1 aromatic carbocycles. The smallest absolute Gasteiger partial charge is 0.233 e. The summed E-state index contributed by atoms with van der Waals surface area (Å²) in [5.74, 6) is 7.71. The van der Waals surface area contributed by atoms with Crippen LogP contribution in [0.1, 0.15) is 13.8 Å². The summed E-state index contributed by atoms with van der Waals surface area (Å²) in [4.78, 5) is 14.3. The number of carbonyl (C=O) groups excluding carboxylic acids is 1. The van der Waals surface area contributed by atoms with Crippen LogP contribution in [0, 0.1) is 0 Å². The van der Waals surface area contributed by atoms with Crippen LogP contribution in [0.25, 0.3) is 11.4 Å². The van der Waals surface area contributed by atoms with Crippen LogP contribution in [0.15, 0.2) is 29.4 Å². The minimum atomic E-state index is 0.0472. The molecule has 1 aromatic heterocycles. The van der Waals surface area contributed by atoms with Crippen LogP contribution < -0.4 is 10.6 Å². The molecule has 2 atom stereocenters. The van der Waals surface area contributed by atoms with Crippen molar-refractivity contribution in [3.8, 4) is 17.1 Å². The number of nitrogen functional groups attached to an aromatic ring is 1. The molecule has 2 heterocycles. The van der Waals surface area contributed by atoms with E-state index in [1.54, 1.807) is 7.11 Å². The number of nitrogens with two attached hydrogens (primary N) is 1. The number of thioether (sulfide) groups is 1. The molecule has 1 aliphatic rings. The highest BCUT2D eigenvalue weighted by molar-refractivity contribution is 7.99. The van der Waals surface area contributed by atoms with Gasteiger partial charge in [-0.05, 0) is 38.1 Å². The fraction of sp³-hybridized carbons (Fsp3) is 0.471. The van der Waals surface area contributed by atoms with E-state index in [0.29, 0.717) is 24.1 Å². The topological polar surface area (TPSA) is 95.5 Å². The summed E-state index contributed by atoms with van der Waals surface area (Å²) in [6, 6.07) is 7.40. The molecule has 1 fully saturated rings. The second-order valence-electron chi connectivity index (χ2n) is 6.25. The Bertz CT molecular complexity index is 754.